The van der Waals surface area contributed by atoms with Crippen molar-refractivity contribution in [1.29, 1.82) is 0 Å². The first-order valence-electron chi connectivity index (χ1n) is 2.22. The Labute approximate surface area is 65.5 Å². The molecule has 3 heteroatoms. The van der Waals surface area contributed by atoms with Gasteiger partial charge in [-0.15, -0.1) is 0 Å². The molecule has 0 fully saturated rings. The second-order valence-corrected chi connectivity index (χ2v) is 5.48. The SMILES string of the molecule is [Li][C]1(Br)CC=CS1. The zero-order chi connectivity index (χ0) is 5.33. The van der Waals surface area contributed by atoms with E-state index in [0.717, 1.165) is 6.42 Å². The van der Waals surface area contributed by atoms with Crippen molar-refractivity contribution in [2.24, 2.45) is 0 Å². The number of allylic oxidation sites excluding steroid dienone is 1. The molecule has 34 valence electrons. The Bertz CT molecular complexity index is 89.9. The number of hydrogen-bond donors (Lipinski definition) is 0. The standard InChI is InChI=1S/C4H4BrS.Li/c5-4-2-1-3-6-4;/h1,3H,2H2;. The molecule has 1 heterocycles. The molecule has 0 N–H and O–H groups in total. The van der Waals surface area contributed by atoms with E-state index in [9.17, 15) is 0 Å². The Morgan fingerprint density at radius 2 is 2.57 bits per heavy atom. The Morgan fingerprint density at radius 3 is 2.71 bits per heavy atom. The first-order valence-corrected chi connectivity index (χ1v) is 3.90. The van der Waals surface area contributed by atoms with Gasteiger partial charge in [-0.1, -0.05) is 0 Å². The van der Waals surface area contributed by atoms with Crippen molar-refractivity contribution in [3.63, 3.8) is 0 Å². The van der Waals surface area contributed by atoms with E-state index in [-0.39, 0.29) is 0 Å². The van der Waals surface area contributed by atoms with E-state index in [1.54, 1.807) is 0 Å². The fourth-order valence-corrected chi connectivity index (χ4v) is 1.68. The molecule has 0 bridgehead atoms. The summed E-state index contributed by atoms with van der Waals surface area (Å²) in [6.45, 7) is 0. The molecule has 0 aromatic carbocycles. The van der Waals surface area contributed by atoms with Gasteiger partial charge < -0.3 is 0 Å². The predicted octanol–water partition coefficient (Wildman–Crippen LogP) is 1.85. The van der Waals surface area contributed by atoms with E-state index >= 15 is 0 Å². The summed E-state index contributed by atoms with van der Waals surface area (Å²) >= 11 is 7.56. The third kappa shape index (κ3) is 1.85. The van der Waals surface area contributed by atoms with Crippen LogP contribution in [0.1, 0.15) is 6.42 Å². The van der Waals surface area contributed by atoms with Crippen LogP contribution >= 0.6 is 27.7 Å². The third-order valence-electron chi connectivity index (χ3n) is 0.892. The fraction of sp³-hybridized carbons (Fsp3) is 0.500. The van der Waals surface area contributed by atoms with Gasteiger partial charge in [0.05, 0.1) is 0 Å². The molecule has 0 aromatic heterocycles. The van der Waals surface area contributed by atoms with Crippen LogP contribution in [-0.4, -0.2) is 20.0 Å². The van der Waals surface area contributed by atoms with Crippen LogP contribution in [0.5, 0.6) is 0 Å². The zero-order valence-electron chi connectivity index (χ0n) is 4.15. The molecule has 0 aliphatic carbocycles. The van der Waals surface area contributed by atoms with Crippen LogP contribution in [0.4, 0.5) is 0 Å². The minimum atomic E-state index is 0.312. The summed E-state index contributed by atoms with van der Waals surface area (Å²) in [4.78, 5) is 0. The van der Waals surface area contributed by atoms with Gasteiger partial charge in [-0.05, 0) is 0 Å². The van der Waals surface area contributed by atoms with Crippen molar-refractivity contribution >= 4 is 45.4 Å². The summed E-state index contributed by atoms with van der Waals surface area (Å²) in [7, 11) is 0. The molecular formula is C4H4BrLiS. The topological polar surface area (TPSA) is 0 Å². The predicted molar refractivity (Wildman–Crippen MR) is 38.8 cm³/mol. The molecule has 0 aromatic rings. The van der Waals surface area contributed by atoms with Gasteiger partial charge in [0.15, 0.2) is 0 Å². The van der Waals surface area contributed by atoms with Gasteiger partial charge in [0, 0.05) is 0 Å². The molecule has 1 aliphatic rings. The van der Waals surface area contributed by atoms with Crippen LogP contribution in [-0.2, 0) is 0 Å². The number of rotatable bonds is 0. The Balaban J connectivity index is 2.49. The average Bonchev–Trinajstić information content (AvgIpc) is 1.84. The van der Waals surface area contributed by atoms with E-state index in [4.69, 9.17) is 0 Å². The molecule has 0 amide bonds. The minimum absolute atomic E-state index is 0.312. The third-order valence-corrected chi connectivity index (χ3v) is 2.76. The number of thioether (sulfide) groups is 1. The molecule has 1 unspecified atom stereocenters. The van der Waals surface area contributed by atoms with Crippen LogP contribution < -0.4 is 0 Å². The summed E-state index contributed by atoms with van der Waals surface area (Å²) in [5, 5.41) is 2.13. The summed E-state index contributed by atoms with van der Waals surface area (Å²) < 4.78 is 0.312. The van der Waals surface area contributed by atoms with Crippen LogP contribution in [0.15, 0.2) is 11.5 Å². The Hall–Kier alpha value is 1.17. The fourth-order valence-electron chi connectivity index (χ4n) is 0.497. The summed E-state index contributed by atoms with van der Waals surface area (Å²) in [5.74, 6) is 0. The maximum absolute atomic E-state index is 3.54. The van der Waals surface area contributed by atoms with Gasteiger partial charge >= 0.3 is 65.6 Å². The van der Waals surface area contributed by atoms with E-state index in [2.05, 4.69) is 45.1 Å². The Morgan fingerprint density at radius 1 is 1.86 bits per heavy atom. The van der Waals surface area contributed by atoms with Crippen molar-refractivity contribution < 1.29 is 0 Å². The second-order valence-electron chi connectivity index (χ2n) is 1.80. The first-order chi connectivity index (χ1) is 3.21. The van der Waals surface area contributed by atoms with Gasteiger partial charge in [0.2, 0.25) is 0 Å². The molecule has 1 rings (SSSR count). The van der Waals surface area contributed by atoms with Gasteiger partial charge in [-0.2, -0.15) is 0 Å². The van der Waals surface area contributed by atoms with E-state index in [0.29, 0.717) is 2.33 Å². The second kappa shape index (κ2) is 2.19. The van der Waals surface area contributed by atoms with Crippen molar-refractivity contribution in [2.75, 3.05) is 0 Å². The van der Waals surface area contributed by atoms with E-state index in [1.807, 2.05) is 11.8 Å². The van der Waals surface area contributed by atoms with Crippen LogP contribution in [0.3, 0.4) is 0 Å². The van der Waals surface area contributed by atoms with Gasteiger partial charge in [-0.3, -0.25) is 0 Å². The van der Waals surface area contributed by atoms with Gasteiger partial charge in [0.25, 0.3) is 0 Å². The van der Waals surface area contributed by atoms with Crippen LogP contribution in [0.25, 0.3) is 0 Å². The number of halogens is 1. The maximum atomic E-state index is 3.54. The van der Waals surface area contributed by atoms with Crippen molar-refractivity contribution in [3.05, 3.63) is 11.5 Å². The van der Waals surface area contributed by atoms with Crippen LogP contribution in [0, 0.1) is 0 Å². The summed E-state index contributed by atoms with van der Waals surface area (Å²) in [6, 6.07) is 0. The monoisotopic (exact) mass is 170 g/mol. The molecule has 0 radical (unpaired) electrons. The molecule has 0 spiro atoms. The molecule has 7 heavy (non-hydrogen) atoms. The molecule has 1 atom stereocenters. The molecule has 0 saturated heterocycles. The number of alkyl halides is 1. The Kier molecular flexibility index (Phi) is 1.96. The van der Waals surface area contributed by atoms with Crippen molar-refractivity contribution in [3.8, 4) is 0 Å². The molecule has 0 nitrogen and oxygen atoms in total. The quantitative estimate of drug-likeness (QED) is 0.396. The van der Waals surface area contributed by atoms with E-state index in [1.165, 1.54) is 0 Å². The number of hydrogen-bond acceptors (Lipinski definition) is 1. The van der Waals surface area contributed by atoms with Crippen molar-refractivity contribution in [2.45, 2.75) is 8.75 Å². The zero-order valence-corrected chi connectivity index (χ0v) is 6.55. The first kappa shape index (κ1) is 6.29. The van der Waals surface area contributed by atoms with Gasteiger partial charge in [-0.25, -0.2) is 0 Å². The van der Waals surface area contributed by atoms with Crippen molar-refractivity contribution in [1.82, 2.24) is 0 Å². The summed E-state index contributed by atoms with van der Waals surface area (Å²) in [5.41, 5.74) is 0. The van der Waals surface area contributed by atoms with E-state index < -0.39 is 0 Å². The van der Waals surface area contributed by atoms with Crippen LogP contribution in [0.2, 0.25) is 0 Å². The van der Waals surface area contributed by atoms with Gasteiger partial charge in [0.1, 0.15) is 0 Å². The molecular weight excluding hydrogens is 167 g/mol. The normalized spacial score (nSPS) is 39.9. The molecule has 0 saturated carbocycles. The summed E-state index contributed by atoms with van der Waals surface area (Å²) in [6.07, 6.45) is 3.33. The molecule has 1 aliphatic heterocycles. The average molecular weight is 171 g/mol.